The van der Waals surface area contributed by atoms with Crippen LogP contribution in [0.5, 0.6) is 0 Å². The number of amidine groups is 1. The van der Waals surface area contributed by atoms with Crippen molar-refractivity contribution in [2.75, 3.05) is 0 Å². The highest BCUT2D eigenvalue weighted by molar-refractivity contribution is 7.17. The molecule has 2 aromatic heterocycles. The van der Waals surface area contributed by atoms with Crippen molar-refractivity contribution in [3.05, 3.63) is 35.0 Å². The van der Waals surface area contributed by atoms with E-state index >= 15 is 0 Å². The molecule has 4 nitrogen and oxygen atoms in total. The van der Waals surface area contributed by atoms with Crippen molar-refractivity contribution in [2.45, 2.75) is 13.3 Å². The zero-order valence-corrected chi connectivity index (χ0v) is 10.9. The van der Waals surface area contributed by atoms with Crippen molar-refractivity contribution in [1.29, 1.82) is 5.41 Å². The number of nitrogen functional groups attached to an aromatic ring is 1. The standard InChI is InChI=1S/C11H12N4S.ClH/c1-2-7-9(10(12)13)16-11(15-7)8-5-3-4-6-14-8;/h3-6H,2H2,1H3,(H3,12,13);1H. The van der Waals surface area contributed by atoms with Gasteiger partial charge >= 0.3 is 0 Å². The summed E-state index contributed by atoms with van der Waals surface area (Å²) in [6.07, 6.45) is 2.51. The lowest BCUT2D eigenvalue weighted by atomic mass is 10.3. The van der Waals surface area contributed by atoms with Gasteiger partial charge in [0.25, 0.3) is 0 Å². The van der Waals surface area contributed by atoms with Gasteiger partial charge in [-0.3, -0.25) is 10.4 Å². The highest BCUT2D eigenvalue weighted by atomic mass is 35.5. The van der Waals surface area contributed by atoms with Gasteiger partial charge in [0.1, 0.15) is 10.8 Å². The van der Waals surface area contributed by atoms with Gasteiger partial charge in [0.2, 0.25) is 0 Å². The molecule has 2 rings (SSSR count). The predicted molar refractivity (Wildman–Crippen MR) is 73.0 cm³/mol. The fourth-order valence-corrected chi connectivity index (χ4v) is 2.39. The molecule has 0 aliphatic carbocycles. The Morgan fingerprint density at radius 2 is 2.24 bits per heavy atom. The van der Waals surface area contributed by atoms with Crippen LogP contribution in [0.25, 0.3) is 10.7 Å². The van der Waals surface area contributed by atoms with Crippen LogP contribution in [0.4, 0.5) is 0 Å². The molecule has 0 aliphatic rings. The van der Waals surface area contributed by atoms with Crippen LogP contribution in [0.15, 0.2) is 24.4 Å². The first-order valence-corrected chi connectivity index (χ1v) is 5.79. The molecule has 17 heavy (non-hydrogen) atoms. The molecule has 0 amide bonds. The predicted octanol–water partition coefficient (Wildman–Crippen LogP) is 2.47. The maximum atomic E-state index is 7.48. The molecule has 0 spiro atoms. The molecule has 2 heterocycles. The second-order valence-corrected chi connectivity index (χ2v) is 4.28. The number of pyridine rings is 1. The summed E-state index contributed by atoms with van der Waals surface area (Å²) in [6, 6.07) is 5.69. The van der Waals surface area contributed by atoms with E-state index in [9.17, 15) is 0 Å². The fourth-order valence-electron chi connectivity index (χ4n) is 1.40. The lowest BCUT2D eigenvalue weighted by Crippen LogP contribution is -2.11. The molecular weight excluding hydrogens is 256 g/mol. The summed E-state index contributed by atoms with van der Waals surface area (Å²) in [6.45, 7) is 2.00. The average molecular weight is 269 g/mol. The first-order chi connectivity index (χ1) is 7.72. The van der Waals surface area contributed by atoms with E-state index in [-0.39, 0.29) is 18.2 Å². The minimum atomic E-state index is 0. The number of aryl methyl sites for hydroxylation is 1. The van der Waals surface area contributed by atoms with Gasteiger partial charge in [-0.25, -0.2) is 4.98 Å². The largest absolute Gasteiger partial charge is 0.383 e. The highest BCUT2D eigenvalue weighted by Gasteiger charge is 2.13. The first kappa shape index (κ1) is 13.6. The molecule has 0 saturated carbocycles. The van der Waals surface area contributed by atoms with Crippen molar-refractivity contribution < 1.29 is 0 Å². The number of aromatic nitrogens is 2. The van der Waals surface area contributed by atoms with Crippen molar-refractivity contribution >= 4 is 29.6 Å². The van der Waals surface area contributed by atoms with Gasteiger partial charge in [-0.15, -0.1) is 23.7 Å². The van der Waals surface area contributed by atoms with Gasteiger partial charge in [0, 0.05) is 6.20 Å². The van der Waals surface area contributed by atoms with E-state index in [1.54, 1.807) is 6.20 Å². The maximum absolute atomic E-state index is 7.48. The number of hydrogen-bond donors (Lipinski definition) is 2. The van der Waals surface area contributed by atoms with Crippen molar-refractivity contribution in [3.8, 4) is 10.7 Å². The summed E-state index contributed by atoms with van der Waals surface area (Å²) in [5.74, 6) is 0.0801. The molecule has 0 unspecified atom stereocenters. The fraction of sp³-hybridized carbons (Fsp3) is 0.182. The normalized spacial score (nSPS) is 9.71. The van der Waals surface area contributed by atoms with Crippen LogP contribution in [0.1, 0.15) is 17.5 Å². The Labute approximate surface area is 110 Å². The number of thiazole rings is 1. The van der Waals surface area contributed by atoms with Gasteiger partial charge in [-0.05, 0) is 18.6 Å². The minimum Gasteiger partial charge on any atom is -0.383 e. The third kappa shape index (κ3) is 2.81. The molecule has 90 valence electrons. The summed E-state index contributed by atoms with van der Waals surface area (Å²) >= 11 is 1.42. The number of nitrogens with two attached hydrogens (primary N) is 1. The summed E-state index contributed by atoms with van der Waals surface area (Å²) in [5, 5.41) is 8.31. The van der Waals surface area contributed by atoms with Gasteiger partial charge in [-0.1, -0.05) is 13.0 Å². The van der Waals surface area contributed by atoms with E-state index in [0.717, 1.165) is 27.7 Å². The third-order valence-corrected chi connectivity index (χ3v) is 3.31. The Hall–Kier alpha value is -1.46. The molecular formula is C11H13ClN4S. The minimum absolute atomic E-state index is 0. The zero-order valence-electron chi connectivity index (χ0n) is 9.30. The topological polar surface area (TPSA) is 75.7 Å². The molecule has 0 fully saturated rings. The molecule has 0 atom stereocenters. The molecule has 2 aromatic rings. The van der Waals surface area contributed by atoms with E-state index in [4.69, 9.17) is 11.1 Å². The summed E-state index contributed by atoms with van der Waals surface area (Å²) in [5.41, 5.74) is 7.22. The monoisotopic (exact) mass is 268 g/mol. The average Bonchev–Trinajstić information content (AvgIpc) is 2.74. The molecule has 0 radical (unpaired) electrons. The van der Waals surface area contributed by atoms with Crippen LogP contribution < -0.4 is 5.73 Å². The van der Waals surface area contributed by atoms with Gasteiger partial charge in [0.05, 0.1) is 16.3 Å². The third-order valence-electron chi connectivity index (χ3n) is 2.16. The summed E-state index contributed by atoms with van der Waals surface area (Å²) in [4.78, 5) is 9.44. The Morgan fingerprint density at radius 3 is 2.71 bits per heavy atom. The van der Waals surface area contributed by atoms with Crippen LogP contribution in [0.3, 0.4) is 0 Å². The quantitative estimate of drug-likeness (QED) is 0.663. The molecule has 0 aromatic carbocycles. The number of nitrogens with one attached hydrogen (secondary N) is 1. The second kappa shape index (κ2) is 5.75. The molecule has 0 bridgehead atoms. The lowest BCUT2D eigenvalue weighted by Gasteiger charge is -1.93. The summed E-state index contributed by atoms with van der Waals surface area (Å²) in [7, 11) is 0. The van der Waals surface area contributed by atoms with E-state index in [0.29, 0.717) is 0 Å². The Kier molecular flexibility index (Phi) is 4.60. The number of hydrogen-bond acceptors (Lipinski definition) is 4. The van der Waals surface area contributed by atoms with E-state index < -0.39 is 0 Å². The van der Waals surface area contributed by atoms with E-state index in [2.05, 4.69) is 9.97 Å². The Morgan fingerprint density at radius 1 is 1.47 bits per heavy atom. The highest BCUT2D eigenvalue weighted by Crippen LogP contribution is 2.26. The number of rotatable bonds is 3. The second-order valence-electron chi connectivity index (χ2n) is 3.28. The lowest BCUT2D eigenvalue weighted by molar-refractivity contribution is 1.05. The molecule has 0 aliphatic heterocycles. The van der Waals surface area contributed by atoms with Gasteiger partial charge in [-0.2, -0.15) is 0 Å². The zero-order chi connectivity index (χ0) is 11.5. The van der Waals surface area contributed by atoms with Crippen LogP contribution in [0.2, 0.25) is 0 Å². The Balaban J connectivity index is 0.00000144. The smallest absolute Gasteiger partial charge is 0.142 e. The Bertz CT molecular complexity index is 509. The van der Waals surface area contributed by atoms with E-state index in [1.807, 2.05) is 25.1 Å². The molecule has 6 heteroatoms. The number of nitrogens with zero attached hydrogens (tertiary/aromatic N) is 2. The SMILES string of the molecule is CCc1nc(-c2ccccn2)sc1C(=N)N.Cl. The molecule has 3 N–H and O–H groups in total. The van der Waals surface area contributed by atoms with E-state index in [1.165, 1.54) is 11.3 Å². The van der Waals surface area contributed by atoms with Crippen LogP contribution in [0, 0.1) is 5.41 Å². The van der Waals surface area contributed by atoms with Crippen LogP contribution in [-0.2, 0) is 6.42 Å². The molecule has 0 saturated heterocycles. The maximum Gasteiger partial charge on any atom is 0.142 e. The van der Waals surface area contributed by atoms with Crippen molar-refractivity contribution in [1.82, 2.24) is 9.97 Å². The van der Waals surface area contributed by atoms with Crippen molar-refractivity contribution in [3.63, 3.8) is 0 Å². The summed E-state index contributed by atoms with van der Waals surface area (Å²) < 4.78 is 0. The van der Waals surface area contributed by atoms with Crippen molar-refractivity contribution in [2.24, 2.45) is 5.73 Å². The number of halogens is 1. The van der Waals surface area contributed by atoms with Gasteiger partial charge in [0.15, 0.2) is 0 Å². The van der Waals surface area contributed by atoms with Crippen LogP contribution >= 0.6 is 23.7 Å². The first-order valence-electron chi connectivity index (χ1n) is 4.98. The van der Waals surface area contributed by atoms with Gasteiger partial charge < -0.3 is 5.73 Å². The van der Waals surface area contributed by atoms with Crippen LogP contribution in [-0.4, -0.2) is 15.8 Å².